The fraction of sp³-hybridized carbons (Fsp3) is 0.182. The largest absolute Gasteiger partial charge is 0.400 e. The molecule has 0 heterocycles. The lowest BCUT2D eigenvalue weighted by atomic mass is 10.1. The molecule has 0 spiro atoms. The highest BCUT2D eigenvalue weighted by molar-refractivity contribution is 6.32. The number of ketones is 1. The Balaban J connectivity index is 2.63. The first-order valence-corrected chi connectivity index (χ1v) is 4.42. The minimum Gasteiger partial charge on any atom is -0.309 e. The van der Waals surface area contributed by atoms with Crippen LogP contribution in [-0.4, -0.2) is 18.0 Å². The molecule has 0 aromatic heterocycles. The number of hydrogen-bond donors (Lipinski definition) is 0. The van der Waals surface area contributed by atoms with E-state index in [2.05, 4.69) is 9.99 Å². The van der Waals surface area contributed by atoms with Crippen LogP contribution in [0.4, 0.5) is 0 Å². The fourth-order valence-electron chi connectivity index (χ4n) is 0.927. The van der Waals surface area contributed by atoms with E-state index >= 15 is 0 Å². The van der Waals surface area contributed by atoms with Gasteiger partial charge in [-0.3, -0.25) is 4.79 Å². The van der Waals surface area contributed by atoms with Crippen molar-refractivity contribution in [2.75, 3.05) is 0 Å². The van der Waals surface area contributed by atoms with Crippen molar-refractivity contribution in [3.63, 3.8) is 0 Å². The predicted octanol–water partition coefficient (Wildman–Crippen LogP) is 1.46. The normalized spacial score (nSPS) is 10.3. The Morgan fingerprint density at radius 3 is 2.60 bits per heavy atom. The third-order valence-corrected chi connectivity index (χ3v) is 1.80. The lowest BCUT2D eigenvalue weighted by Gasteiger charge is -1.97. The van der Waals surface area contributed by atoms with Gasteiger partial charge in [0, 0.05) is 6.92 Å². The summed E-state index contributed by atoms with van der Waals surface area (Å²) < 4.78 is 0. The molecule has 1 rings (SSSR count). The first kappa shape index (κ1) is 11.1. The molecule has 0 radical (unpaired) electrons. The minimum atomic E-state index is -0.958. The van der Waals surface area contributed by atoms with Crippen molar-refractivity contribution in [3.8, 4) is 0 Å². The molecule has 0 N–H and O–H groups in total. The van der Waals surface area contributed by atoms with Crippen molar-refractivity contribution in [2.45, 2.75) is 13.8 Å². The van der Waals surface area contributed by atoms with Gasteiger partial charge in [0.1, 0.15) is 0 Å². The van der Waals surface area contributed by atoms with E-state index in [9.17, 15) is 9.59 Å². The zero-order valence-electron chi connectivity index (χ0n) is 8.56. The van der Waals surface area contributed by atoms with Crippen molar-refractivity contribution < 1.29 is 14.4 Å². The summed E-state index contributed by atoms with van der Waals surface area (Å²) in [5, 5.41) is 3.43. The molecule has 0 aliphatic rings. The van der Waals surface area contributed by atoms with E-state index in [0.717, 1.165) is 18.1 Å². The second-order valence-electron chi connectivity index (χ2n) is 3.03. The maximum absolute atomic E-state index is 10.7. The van der Waals surface area contributed by atoms with Crippen molar-refractivity contribution >= 4 is 18.0 Å². The van der Waals surface area contributed by atoms with Crippen molar-refractivity contribution in [1.29, 1.82) is 0 Å². The van der Waals surface area contributed by atoms with E-state index in [-0.39, 0.29) is 0 Å². The number of carbonyl (C=O) groups is 2. The molecule has 1 aromatic carbocycles. The molecule has 0 bridgehead atoms. The molecule has 0 atom stereocenters. The maximum Gasteiger partial charge on any atom is 0.400 e. The molecule has 0 saturated carbocycles. The van der Waals surface area contributed by atoms with E-state index < -0.39 is 11.8 Å². The second-order valence-corrected chi connectivity index (χ2v) is 3.03. The van der Waals surface area contributed by atoms with Gasteiger partial charge in [0.2, 0.25) is 5.78 Å². The summed E-state index contributed by atoms with van der Waals surface area (Å²) >= 11 is 0. The number of oxime groups is 1. The minimum absolute atomic E-state index is 0.670. The average molecular weight is 205 g/mol. The molecular weight excluding hydrogens is 194 g/mol. The third-order valence-electron chi connectivity index (χ3n) is 1.80. The molecule has 0 unspecified atom stereocenters. The van der Waals surface area contributed by atoms with Crippen LogP contribution in [0.1, 0.15) is 18.1 Å². The Bertz CT molecular complexity index is 410. The predicted molar refractivity (Wildman–Crippen MR) is 55.5 cm³/mol. The van der Waals surface area contributed by atoms with Gasteiger partial charge < -0.3 is 4.84 Å². The number of rotatable bonds is 3. The van der Waals surface area contributed by atoms with Crippen LogP contribution in [0.15, 0.2) is 29.4 Å². The van der Waals surface area contributed by atoms with Gasteiger partial charge in [0.25, 0.3) is 0 Å². The second kappa shape index (κ2) is 5.05. The summed E-state index contributed by atoms with van der Waals surface area (Å²) in [6.07, 6.45) is 1.40. The fourth-order valence-corrected chi connectivity index (χ4v) is 0.927. The zero-order valence-corrected chi connectivity index (χ0v) is 8.56. The van der Waals surface area contributed by atoms with Crippen LogP contribution >= 0.6 is 0 Å². The maximum atomic E-state index is 10.7. The highest BCUT2D eigenvalue weighted by atomic mass is 16.7. The van der Waals surface area contributed by atoms with Crippen LogP contribution in [0.5, 0.6) is 0 Å². The van der Waals surface area contributed by atoms with E-state index in [4.69, 9.17) is 0 Å². The molecule has 0 amide bonds. The Kier molecular flexibility index (Phi) is 3.74. The first-order valence-electron chi connectivity index (χ1n) is 4.42. The molecule has 1 aromatic rings. The summed E-state index contributed by atoms with van der Waals surface area (Å²) in [6, 6.07) is 7.49. The molecule has 4 nitrogen and oxygen atoms in total. The van der Waals surface area contributed by atoms with Crippen LogP contribution in [0.25, 0.3) is 0 Å². The zero-order chi connectivity index (χ0) is 11.3. The third kappa shape index (κ3) is 3.34. The monoisotopic (exact) mass is 205 g/mol. The summed E-state index contributed by atoms with van der Waals surface area (Å²) in [4.78, 5) is 25.6. The molecular formula is C11H11NO3. The van der Waals surface area contributed by atoms with Crippen LogP contribution < -0.4 is 0 Å². The van der Waals surface area contributed by atoms with Gasteiger partial charge in [0.15, 0.2) is 0 Å². The Labute approximate surface area is 87.5 Å². The molecule has 78 valence electrons. The first-order chi connectivity index (χ1) is 7.11. The van der Waals surface area contributed by atoms with Crippen molar-refractivity contribution in [1.82, 2.24) is 0 Å². The topological polar surface area (TPSA) is 55.7 Å². The van der Waals surface area contributed by atoms with E-state index in [0.29, 0.717) is 0 Å². The van der Waals surface area contributed by atoms with Crippen molar-refractivity contribution in [3.05, 3.63) is 35.4 Å². The van der Waals surface area contributed by atoms with Crippen LogP contribution in [-0.2, 0) is 14.4 Å². The lowest BCUT2D eigenvalue weighted by Crippen LogP contribution is -2.10. The number of Topliss-reactive ketones (excluding diaryl/α,β-unsaturated/α-hetero) is 1. The summed E-state index contributed by atoms with van der Waals surface area (Å²) in [7, 11) is 0. The molecule has 0 saturated heterocycles. The SMILES string of the molecule is CC(=O)C(=O)O/N=C/c1ccccc1C. The standard InChI is InChI=1S/C11H11NO3/c1-8-5-3-4-6-10(8)7-12-15-11(14)9(2)13/h3-7H,1-2H3/b12-7+. The van der Waals surface area contributed by atoms with Crippen LogP contribution in [0.3, 0.4) is 0 Å². The lowest BCUT2D eigenvalue weighted by molar-refractivity contribution is -0.152. The van der Waals surface area contributed by atoms with Gasteiger partial charge in [-0.15, -0.1) is 0 Å². The van der Waals surface area contributed by atoms with Crippen LogP contribution in [0, 0.1) is 6.92 Å². The molecule has 15 heavy (non-hydrogen) atoms. The molecule has 0 aliphatic carbocycles. The number of aryl methyl sites for hydroxylation is 1. The number of benzene rings is 1. The van der Waals surface area contributed by atoms with Crippen molar-refractivity contribution in [2.24, 2.45) is 5.16 Å². The van der Waals surface area contributed by atoms with E-state index in [1.807, 2.05) is 31.2 Å². The number of hydrogen-bond acceptors (Lipinski definition) is 4. The highest BCUT2D eigenvalue weighted by Crippen LogP contribution is 2.03. The molecule has 4 heteroatoms. The highest BCUT2D eigenvalue weighted by Gasteiger charge is 2.07. The van der Waals surface area contributed by atoms with Gasteiger partial charge in [0.05, 0.1) is 6.21 Å². The van der Waals surface area contributed by atoms with Gasteiger partial charge in [-0.1, -0.05) is 29.4 Å². The molecule has 0 aliphatic heterocycles. The number of nitrogens with zero attached hydrogens (tertiary/aromatic N) is 1. The number of carbonyl (C=O) groups excluding carboxylic acids is 2. The Hall–Kier alpha value is -1.97. The quantitative estimate of drug-likeness (QED) is 0.325. The molecule has 0 fully saturated rings. The summed E-state index contributed by atoms with van der Waals surface area (Å²) in [5.74, 6) is -1.63. The Morgan fingerprint density at radius 1 is 1.33 bits per heavy atom. The average Bonchev–Trinajstić information content (AvgIpc) is 2.20. The van der Waals surface area contributed by atoms with Gasteiger partial charge in [-0.05, 0) is 18.1 Å². The van der Waals surface area contributed by atoms with Gasteiger partial charge in [-0.25, -0.2) is 4.79 Å². The summed E-state index contributed by atoms with van der Waals surface area (Å²) in [5.41, 5.74) is 1.86. The van der Waals surface area contributed by atoms with Gasteiger partial charge in [-0.2, -0.15) is 0 Å². The van der Waals surface area contributed by atoms with Crippen LogP contribution in [0.2, 0.25) is 0 Å². The van der Waals surface area contributed by atoms with Gasteiger partial charge >= 0.3 is 5.97 Å². The van der Waals surface area contributed by atoms with E-state index in [1.54, 1.807) is 0 Å². The van der Waals surface area contributed by atoms with E-state index in [1.165, 1.54) is 6.21 Å². The summed E-state index contributed by atoms with van der Waals surface area (Å²) in [6.45, 7) is 3.04. The smallest absolute Gasteiger partial charge is 0.309 e. The Morgan fingerprint density at radius 2 is 2.00 bits per heavy atom.